The molecule has 1 saturated heterocycles. The Bertz CT molecular complexity index is 1380. The number of nitrogens with one attached hydrogen (secondary N) is 1. The molecule has 250 valence electrons. The zero-order chi connectivity index (χ0) is 32.3. The molecule has 0 radical (unpaired) electrons. The van der Waals surface area contributed by atoms with E-state index in [1.54, 1.807) is 17.0 Å². The Labute approximate surface area is 268 Å². The van der Waals surface area contributed by atoms with Crippen LogP contribution in [-0.2, 0) is 19.6 Å². The van der Waals surface area contributed by atoms with Crippen molar-refractivity contribution in [2.24, 2.45) is 52.3 Å². The first-order valence-corrected chi connectivity index (χ1v) is 18.7. The molecule has 11 atom stereocenters. The monoisotopic (exact) mass is 644 g/mol. The number of carbonyl (C=O) groups is 2. The van der Waals surface area contributed by atoms with Crippen molar-refractivity contribution in [3.05, 3.63) is 24.3 Å². The third-order valence-corrected chi connectivity index (χ3v) is 14.7. The fraction of sp³-hybridized carbons (Fsp3) is 0.771. The average Bonchev–Trinajstić information content (AvgIpc) is 3.59. The largest absolute Gasteiger partial charge is 0.449 e. The highest BCUT2D eigenvalue weighted by Crippen LogP contribution is 2.69. The summed E-state index contributed by atoms with van der Waals surface area (Å²) in [6.45, 7) is 9.83. The van der Waals surface area contributed by atoms with Gasteiger partial charge < -0.3 is 19.8 Å². The van der Waals surface area contributed by atoms with Gasteiger partial charge in [-0.15, -0.1) is 0 Å². The lowest BCUT2D eigenvalue weighted by Gasteiger charge is -2.64. The average molecular weight is 645 g/mol. The van der Waals surface area contributed by atoms with E-state index in [0.29, 0.717) is 42.3 Å². The van der Waals surface area contributed by atoms with Gasteiger partial charge in [-0.1, -0.05) is 34.1 Å². The lowest BCUT2D eigenvalue weighted by Crippen LogP contribution is -2.62. The number of aliphatic hydroxyl groups is 2. The summed E-state index contributed by atoms with van der Waals surface area (Å²) < 4.78 is 33.4. The van der Waals surface area contributed by atoms with Gasteiger partial charge in [0, 0.05) is 18.7 Å². The maximum absolute atomic E-state index is 12.9. The maximum atomic E-state index is 12.9. The predicted octanol–water partition coefficient (Wildman–Crippen LogP) is 5.49. The molecule has 9 nitrogen and oxygen atoms in total. The van der Waals surface area contributed by atoms with E-state index in [1.807, 2.05) is 4.72 Å². The molecule has 5 fully saturated rings. The maximum Gasteiger partial charge on any atom is 0.421 e. The molecule has 1 unspecified atom stereocenters. The van der Waals surface area contributed by atoms with Crippen molar-refractivity contribution in [1.29, 1.82) is 0 Å². The standard InChI is InChI=1S/C35H52N2O7S/c1-5-25-29-19-23(38)14-16-35(29,4)28-15-17-34(3)26(12-13-27(34)31(28)32(25)40)21(2)20-44-33(41)36-45(42,43)24-10-8-22(9-11-24)37-18-6-7-30(37)39/h8-11,21,23,25-29,31-32,38,40H,5-7,12-20H2,1-4H3,(H,36,41)/t21-,23-,25-,26-,27+,28+,29+,31?,32-,34-,35-/m1/s1. The fourth-order valence-electron chi connectivity index (χ4n) is 11.2. The third-order valence-electron chi connectivity index (χ3n) is 13.4. The summed E-state index contributed by atoms with van der Waals surface area (Å²) in [4.78, 5) is 26.3. The van der Waals surface area contributed by atoms with Crippen LogP contribution in [0.3, 0.4) is 0 Å². The number of amides is 2. The quantitative estimate of drug-likeness (QED) is 0.358. The first kappa shape index (κ1) is 32.8. The molecule has 2 amide bonds. The normalized spacial score (nSPS) is 40.3. The highest BCUT2D eigenvalue weighted by atomic mass is 32.2. The van der Waals surface area contributed by atoms with Crippen LogP contribution in [0.1, 0.15) is 91.9 Å². The minimum atomic E-state index is -4.13. The number of hydrogen-bond acceptors (Lipinski definition) is 7. The lowest BCUT2D eigenvalue weighted by atomic mass is 9.41. The van der Waals surface area contributed by atoms with E-state index in [2.05, 4.69) is 27.7 Å². The number of nitrogens with zero attached hydrogens (tertiary/aromatic N) is 1. The summed E-state index contributed by atoms with van der Waals surface area (Å²) in [6, 6.07) is 5.97. The number of rotatable bonds is 7. The van der Waals surface area contributed by atoms with Crippen molar-refractivity contribution in [1.82, 2.24) is 4.72 Å². The van der Waals surface area contributed by atoms with Crippen molar-refractivity contribution in [2.75, 3.05) is 18.1 Å². The van der Waals surface area contributed by atoms with Gasteiger partial charge in [-0.3, -0.25) is 4.79 Å². The van der Waals surface area contributed by atoms with Crippen LogP contribution in [-0.4, -0.2) is 56.0 Å². The van der Waals surface area contributed by atoms with Crippen LogP contribution in [0.4, 0.5) is 10.5 Å². The zero-order valence-corrected chi connectivity index (χ0v) is 28.1. The molecule has 6 rings (SSSR count). The molecule has 1 heterocycles. The summed E-state index contributed by atoms with van der Waals surface area (Å²) in [5.74, 6) is 2.02. The van der Waals surface area contributed by atoms with E-state index in [1.165, 1.54) is 12.1 Å². The number of benzene rings is 1. The van der Waals surface area contributed by atoms with Crippen LogP contribution in [0.5, 0.6) is 0 Å². The fourth-order valence-corrected chi connectivity index (χ4v) is 12.1. The van der Waals surface area contributed by atoms with E-state index in [-0.39, 0.29) is 58.2 Å². The molecule has 4 saturated carbocycles. The first-order chi connectivity index (χ1) is 21.3. The predicted molar refractivity (Wildman–Crippen MR) is 171 cm³/mol. The molecule has 1 aliphatic heterocycles. The van der Waals surface area contributed by atoms with E-state index in [0.717, 1.165) is 57.8 Å². The third kappa shape index (κ3) is 5.60. The SMILES string of the molecule is CC[C@H]1[C@@H](O)C2[C@@H]3CC[C@H]([C@H](C)COC(=O)NS(=O)(=O)c4ccc(N5CCCC5=O)cc4)[C@@]3(C)CC[C@@H]2[C@@]2(C)CC[C@@H](O)C[C@@H]12. The molecule has 45 heavy (non-hydrogen) atoms. The molecule has 0 bridgehead atoms. The molecular weight excluding hydrogens is 592 g/mol. The second-order valence-electron chi connectivity index (χ2n) is 15.4. The van der Waals surface area contributed by atoms with E-state index >= 15 is 0 Å². The smallest absolute Gasteiger partial charge is 0.421 e. The Balaban J connectivity index is 1.09. The minimum Gasteiger partial charge on any atom is -0.449 e. The molecule has 5 aliphatic rings. The van der Waals surface area contributed by atoms with Gasteiger partial charge in [0.05, 0.1) is 23.7 Å². The van der Waals surface area contributed by atoms with Crippen molar-refractivity contribution in [3.8, 4) is 0 Å². The molecule has 3 N–H and O–H groups in total. The number of fused-ring (bicyclic) bond motifs is 5. The van der Waals surface area contributed by atoms with Crippen molar-refractivity contribution < 1.29 is 33.0 Å². The molecular formula is C35H52N2O7S. The summed E-state index contributed by atoms with van der Waals surface area (Å²) in [6.07, 6.45) is 7.45. The van der Waals surface area contributed by atoms with Crippen LogP contribution in [0.2, 0.25) is 0 Å². The Kier molecular flexibility index (Phi) is 8.83. The first-order valence-electron chi connectivity index (χ1n) is 17.3. The molecule has 0 spiro atoms. The second kappa shape index (κ2) is 12.1. The number of aliphatic hydroxyl groups excluding tert-OH is 2. The van der Waals surface area contributed by atoms with Crippen molar-refractivity contribution >= 4 is 27.7 Å². The van der Waals surface area contributed by atoms with Gasteiger partial charge in [0.1, 0.15) is 0 Å². The topological polar surface area (TPSA) is 133 Å². The number of anilines is 1. The van der Waals surface area contributed by atoms with Crippen LogP contribution in [0.25, 0.3) is 0 Å². The summed E-state index contributed by atoms with van der Waals surface area (Å²) in [5, 5.41) is 22.5. The molecule has 10 heteroatoms. The van der Waals surface area contributed by atoms with Gasteiger partial charge in [-0.25, -0.2) is 17.9 Å². The van der Waals surface area contributed by atoms with Gasteiger partial charge in [0.2, 0.25) is 5.91 Å². The number of sulfonamides is 1. The van der Waals surface area contributed by atoms with Gasteiger partial charge in [-0.2, -0.15) is 0 Å². The van der Waals surface area contributed by atoms with E-state index in [9.17, 15) is 28.2 Å². The Hall–Kier alpha value is -2.17. The molecule has 1 aromatic carbocycles. The van der Waals surface area contributed by atoms with Crippen LogP contribution >= 0.6 is 0 Å². The highest BCUT2D eigenvalue weighted by molar-refractivity contribution is 7.90. The van der Waals surface area contributed by atoms with Crippen molar-refractivity contribution in [2.45, 2.75) is 109 Å². The minimum absolute atomic E-state index is 0.0155. The number of carbonyl (C=O) groups excluding carboxylic acids is 2. The summed E-state index contributed by atoms with van der Waals surface area (Å²) in [5.41, 5.74) is 0.803. The van der Waals surface area contributed by atoms with Gasteiger partial charge in [-0.05, 0) is 128 Å². The summed E-state index contributed by atoms with van der Waals surface area (Å²) >= 11 is 0. The Morgan fingerprint density at radius 2 is 1.73 bits per heavy atom. The van der Waals surface area contributed by atoms with Gasteiger partial charge >= 0.3 is 6.09 Å². The van der Waals surface area contributed by atoms with Crippen LogP contribution < -0.4 is 9.62 Å². The summed E-state index contributed by atoms with van der Waals surface area (Å²) in [7, 11) is -4.13. The highest BCUT2D eigenvalue weighted by Gasteiger charge is 2.65. The zero-order valence-electron chi connectivity index (χ0n) is 27.3. The van der Waals surface area contributed by atoms with E-state index < -0.39 is 16.1 Å². The Morgan fingerprint density at radius 1 is 1.04 bits per heavy atom. The lowest BCUT2D eigenvalue weighted by molar-refractivity contribution is -0.203. The number of ether oxygens (including phenoxy) is 1. The van der Waals surface area contributed by atoms with Crippen LogP contribution in [0, 0.1) is 52.3 Å². The van der Waals surface area contributed by atoms with Crippen molar-refractivity contribution in [3.63, 3.8) is 0 Å². The molecule has 0 aromatic heterocycles. The number of hydrogen-bond donors (Lipinski definition) is 3. The Morgan fingerprint density at radius 3 is 2.40 bits per heavy atom. The second-order valence-corrected chi connectivity index (χ2v) is 17.1. The van der Waals surface area contributed by atoms with Gasteiger partial charge in [0.15, 0.2) is 0 Å². The van der Waals surface area contributed by atoms with Crippen LogP contribution in [0.15, 0.2) is 29.2 Å². The van der Waals surface area contributed by atoms with E-state index in [4.69, 9.17) is 4.74 Å². The molecule has 4 aliphatic carbocycles. The van der Waals surface area contributed by atoms with Gasteiger partial charge in [0.25, 0.3) is 10.0 Å². The molecule has 1 aromatic rings.